The van der Waals surface area contributed by atoms with Gasteiger partial charge >= 0.3 is 8.80 Å². The van der Waals surface area contributed by atoms with Gasteiger partial charge in [0, 0.05) is 32.7 Å². The van der Waals surface area contributed by atoms with Crippen LogP contribution in [-0.4, -0.2) is 39.3 Å². The number of carbonyl (C=O) groups is 1. The fourth-order valence-corrected chi connectivity index (χ4v) is 5.87. The fraction of sp³-hybridized carbons (Fsp3) is 0.941. The topological polar surface area (TPSA) is 44.8 Å². The molecule has 1 unspecified atom stereocenters. The van der Waals surface area contributed by atoms with E-state index in [1.165, 1.54) is 19.3 Å². The van der Waals surface area contributed by atoms with Gasteiger partial charge in [-0.2, -0.15) is 12.6 Å². The third-order valence-corrected chi connectivity index (χ3v) is 8.09. The van der Waals surface area contributed by atoms with Crippen molar-refractivity contribution in [3.8, 4) is 0 Å². The summed E-state index contributed by atoms with van der Waals surface area (Å²) in [6.45, 7) is 9.60. The van der Waals surface area contributed by atoms with E-state index in [4.69, 9.17) is 13.3 Å². The Kier molecular flexibility index (Phi) is 14.5. The highest BCUT2D eigenvalue weighted by Gasteiger charge is 2.47. The van der Waals surface area contributed by atoms with E-state index in [2.05, 4.69) is 19.6 Å². The number of Topliss-reactive ketones (excluding diaryl/α,β-unsaturated/α-hetero) is 1. The van der Waals surface area contributed by atoms with Crippen molar-refractivity contribution in [2.24, 2.45) is 0 Å². The van der Waals surface area contributed by atoms with Gasteiger partial charge in [-0.1, -0.05) is 32.6 Å². The van der Waals surface area contributed by atoms with Crippen LogP contribution in [0.1, 0.15) is 79.1 Å². The summed E-state index contributed by atoms with van der Waals surface area (Å²) >= 11 is 4.66. The maximum Gasteiger partial charge on any atom is 0.514 e. The fourth-order valence-electron chi connectivity index (χ4n) is 2.54. The van der Waals surface area contributed by atoms with E-state index in [1.54, 1.807) is 0 Å². The molecule has 0 aromatic heterocycles. The van der Waals surface area contributed by atoms with Crippen molar-refractivity contribution in [3.63, 3.8) is 0 Å². The van der Waals surface area contributed by atoms with Crippen molar-refractivity contribution in [3.05, 3.63) is 0 Å². The lowest BCUT2D eigenvalue weighted by atomic mass is 10.1. The standard InChI is InChI=1S/C17H36O4SSi/c1-5-9-10-11-12-13-16(18)14-15-17(22)23(19-6-2,20-7-3)21-8-4/h17,22H,5-15H2,1-4H3. The van der Waals surface area contributed by atoms with Crippen LogP contribution in [0.4, 0.5) is 0 Å². The zero-order valence-electron chi connectivity index (χ0n) is 15.4. The van der Waals surface area contributed by atoms with Gasteiger partial charge < -0.3 is 13.3 Å². The summed E-state index contributed by atoms with van der Waals surface area (Å²) in [5.74, 6) is 0.313. The summed E-state index contributed by atoms with van der Waals surface area (Å²) in [5, 5.41) is 0. The maximum absolute atomic E-state index is 12.0. The molecule has 0 heterocycles. The highest BCUT2D eigenvalue weighted by Crippen LogP contribution is 2.24. The molecule has 0 fully saturated rings. The van der Waals surface area contributed by atoms with Gasteiger partial charge in [-0.25, -0.2) is 0 Å². The molecule has 0 aliphatic heterocycles. The quantitative estimate of drug-likeness (QED) is 0.247. The van der Waals surface area contributed by atoms with Gasteiger partial charge in [-0.05, 0) is 33.6 Å². The first kappa shape index (κ1) is 23.1. The molecule has 0 spiro atoms. The summed E-state index contributed by atoms with van der Waals surface area (Å²) in [5.41, 5.74) is 0. The van der Waals surface area contributed by atoms with Crippen LogP contribution in [-0.2, 0) is 18.1 Å². The zero-order chi connectivity index (χ0) is 17.6. The van der Waals surface area contributed by atoms with Crippen LogP contribution in [0.15, 0.2) is 0 Å². The molecular weight excluding hydrogens is 328 g/mol. The van der Waals surface area contributed by atoms with Crippen molar-refractivity contribution in [1.82, 2.24) is 0 Å². The minimum Gasteiger partial charge on any atom is -0.373 e. The van der Waals surface area contributed by atoms with Crippen LogP contribution in [0, 0.1) is 0 Å². The van der Waals surface area contributed by atoms with Crippen molar-refractivity contribution in [1.29, 1.82) is 0 Å². The number of unbranched alkanes of at least 4 members (excludes halogenated alkanes) is 4. The molecule has 23 heavy (non-hydrogen) atoms. The molecule has 4 nitrogen and oxygen atoms in total. The van der Waals surface area contributed by atoms with Gasteiger partial charge in [0.1, 0.15) is 5.78 Å². The van der Waals surface area contributed by atoms with Crippen molar-refractivity contribution in [2.75, 3.05) is 19.8 Å². The molecule has 0 aliphatic carbocycles. The van der Waals surface area contributed by atoms with E-state index >= 15 is 0 Å². The molecule has 0 rings (SSSR count). The second kappa shape index (κ2) is 14.5. The number of rotatable bonds is 16. The van der Waals surface area contributed by atoms with Gasteiger partial charge in [0.2, 0.25) is 0 Å². The molecule has 0 saturated heterocycles. The average Bonchev–Trinajstić information content (AvgIpc) is 2.53. The summed E-state index contributed by atoms with van der Waals surface area (Å²) in [4.78, 5) is 11.9. The molecule has 0 amide bonds. The number of hydrogen-bond donors (Lipinski definition) is 1. The Balaban J connectivity index is 4.28. The van der Waals surface area contributed by atoms with Crippen LogP contribution in [0.3, 0.4) is 0 Å². The monoisotopic (exact) mass is 364 g/mol. The highest BCUT2D eigenvalue weighted by molar-refractivity contribution is 7.83. The summed E-state index contributed by atoms with van der Waals surface area (Å²) < 4.78 is 17.5. The van der Waals surface area contributed by atoms with Gasteiger partial charge in [0.15, 0.2) is 0 Å². The largest absolute Gasteiger partial charge is 0.514 e. The van der Waals surface area contributed by atoms with Gasteiger partial charge in [-0.3, -0.25) is 4.79 Å². The first-order valence-electron chi connectivity index (χ1n) is 9.17. The third-order valence-electron chi connectivity index (χ3n) is 3.70. The molecule has 0 radical (unpaired) electrons. The minimum atomic E-state index is -2.80. The van der Waals surface area contributed by atoms with E-state index < -0.39 is 8.80 Å². The van der Waals surface area contributed by atoms with Crippen LogP contribution in [0.25, 0.3) is 0 Å². The molecule has 138 valence electrons. The van der Waals surface area contributed by atoms with Crippen LogP contribution >= 0.6 is 12.6 Å². The van der Waals surface area contributed by atoms with Gasteiger partial charge in [0.05, 0.1) is 4.87 Å². The number of hydrogen-bond acceptors (Lipinski definition) is 5. The Morgan fingerprint density at radius 1 is 0.870 bits per heavy atom. The Hall–Kier alpha value is 0.117. The predicted octanol–water partition coefficient (Wildman–Crippen LogP) is 4.58. The first-order chi connectivity index (χ1) is 11.1. The number of thiol groups is 1. The van der Waals surface area contributed by atoms with Crippen LogP contribution < -0.4 is 0 Å². The molecule has 0 aliphatic rings. The molecule has 6 heteroatoms. The maximum atomic E-state index is 12.0. The van der Waals surface area contributed by atoms with E-state index in [9.17, 15) is 4.79 Å². The molecule has 0 aromatic carbocycles. The van der Waals surface area contributed by atoms with E-state index in [1.807, 2.05) is 20.8 Å². The van der Waals surface area contributed by atoms with Crippen molar-refractivity contribution < 1.29 is 18.1 Å². The lowest BCUT2D eigenvalue weighted by molar-refractivity contribution is -0.119. The molecule has 0 aromatic rings. The van der Waals surface area contributed by atoms with E-state index in [-0.39, 0.29) is 4.87 Å². The van der Waals surface area contributed by atoms with Gasteiger partial charge in [-0.15, -0.1) is 0 Å². The molecular formula is C17H36O4SSi. The zero-order valence-corrected chi connectivity index (χ0v) is 17.3. The highest BCUT2D eigenvalue weighted by atomic mass is 32.1. The Bertz CT molecular complexity index is 285. The van der Waals surface area contributed by atoms with Crippen molar-refractivity contribution in [2.45, 2.75) is 83.9 Å². The Morgan fingerprint density at radius 2 is 1.39 bits per heavy atom. The van der Waals surface area contributed by atoms with Gasteiger partial charge in [0.25, 0.3) is 0 Å². The van der Waals surface area contributed by atoms with E-state index in [0.717, 1.165) is 12.8 Å². The summed E-state index contributed by atoms with van der Waals surface area (Å²) in [6, 6.07) is 0. The van der Waals surface area contributed by atoms with Crippen LogP contribution in [0.2, 0.25) is 0 Å². The Morgan fingerprint density at radius 3 is 1.87 bits per heavy atom. The minimum absolute atomic E-state index is 0.147. The second-order valence-electron chi connectivity index (χ2n) is 5.66. The van der Waals surface area contributed by atoms with Crippen molar-refractivity contribution >= 4 is 27.2 Å². The van der Waals surface area contributed by atoms with E-state index in [0.29, 0.717) is 44.9 Å². The third kappa shape index (κ3) is 9.87. The molecule has 0 N–H and O–H groups in total. The normalized spacial score (nSPS) is 13.3. The Labute approximate surface area is 149 Å². The predicted molar refractivity (Wildman–Crippen MR) is 101 cm³/mol. The lowest BCUT2D eigenvalue weighted by Crippen LogP contribution is -2.54. The summed E-state index contributed by atoms with van der Waals surface area (Å²) in [7, 11) is -2.80. The second-order valence-corrected chi connectivity index (χ2v) is 9.54. The molecule has 0 bridgehead atoms. The SMILES string of the molecule is CCCCCCCC(=O)CCC(S)[Si](OCC)(OCC)OCC. The first-order valence-corrected chi connectivity index (χ1v) is 11.5. The smallest absolute Gasteiger partial charge is 0.373 e. The average molecular weight is 365 g/mol. The molecule has 1 atom stereocenters. The van der Waals surface area contributed by atoms with Crippen LogP contribution in [0.5, 0.6) is 0 Å². The lowest BCUT2D eigenvalue weighted by Gasteiger charge is -2.32. The number of ketones is 1. The summed E-state index contributed by atoms with van der Waals surface area (Å²) in [6.07, 6.45) is 7.74. The molecule has 0 saturated carbocycles. The number of carbonyl (C=O) groups excluding carboxylic acids is 1.